The molecule has 76 valence electrons. The molecule has 2 aromatic rings. The van der Waals surface area contributed by atoms with Gasteiger partial charge in [-0.25, -0.2) is 0 Å². The molecule has 0 amide bonds. The van der Waals surface area contributed by atoms with Gasteiger partial charge < -0.3 is 10.3 Å². The predicted octanol–water partition coefficient (Wildman–Crippen LogP) is 2.80. The smallest absolute Gasteiger partial charge is 0.222 e. The van der Waals surface area contributed by atoms with E-state index < -0.39 is 0 Å². The van der Waals surface area contributed by atoms with Gasteiger partial charge in [-0.2, -0.15) is 0 Å². The Hall–Kier alpha value is -1.77. The van der Waals surface area contributed by atoms with E-state index in [1.807, 2.05) is 0 Å². The molecule has 1 aromatic heterocycles. The Morgan fingerprint density at radius 3 is 2.47 bits per heavy atom. The van der Waals surface area contributed by atoms with Crippen molar-refractivity contribution in [3.05, 3.63) is 35.9 Å². The average molecular weight is 200 g/mol. The zero-order valence-corrected chi connectivity index (χ0v) is 8.31. The number of anilines is 1. The maximum atomic E-state index is 5.47. The van der Waals surface area contributed by atoms with Crippen molar-refractivity contribution in [2.24, 2.45) is 0 Å². The third kappa shape index (κ3) is 1.61. The molecule has 1 saturated carbocycles. The van der Waals surface area contributed by atoms with Gasteiger partial charge in [-0.15, -0.1) is 0 Å². The summed E-state index contributed by atoms with van der Waals surface area (Å²) < 4.78 is 4.84. The highest BCUT2D eigenvalue weighted by atomic mass is 16.5. The van der Waals surface area contributed by atoms with Gasteiger partial charge in [0.2, 0.25) is 5.88 Å². The third-order valence-electron chi connectivity index (χ3n) is 2.78. The second-order valence-corrected chi connectivity index (χ2v) is 4.01. The Morgan fingerprint density at radius 1 is 1.20 bits per heavy atom. The average Bonchev–Trinajstić information content (AvgIpc) is 3.02. The van der Waals surface area contributed by atoms with Gasteiger partial charge in [-0.1, -0.05) is 29.4 Å². The van der Waals surface area contributed by atoms with Gasteiger partial charge in [0, 0.05) is 11.6 Å². The molecule has 3 nitrogen and oxygen atoms in total. The minimum absolute atomic E-state index is 0.358. The lowest BCUT2D eigenvalue weighted by Gasteiger charge is -1.99. The van der Waals surface area contributed by atoms with Gasteiger partial charge in [0.15, 0.2) is 0 Å². The molecule has 0 aliphatic heterocycles. The lowest BCUT2D eigenvalue weighted by Crippen LogP contribution is -1.81. The van der Waals surface area contributed by atoms with Crippen molar-refractivity contribution in [3.63, 3.8) is 0 Å². The van der Waals surface area contributed by atoms with E-state index >= 15 is 0 Å². The van der Waals surface area contributed by atoms with Gasteiger partial charge in [0.05, 0.1) is 0 Å². The van der Waals surface area contributed by atoms with Gasteiger partial charge in [-0.05, 0) is 24.3 Å². The second kappa shape index (κ2) is 3.12. The van der Waals surface area contributed by atoms with E-state index in [2.05, 4.69) is 29.4 Å². The van der Waals surface area contributed by atoms with Crippen molar-refractivity contribution < 1.29 is 4.52 Å². The molecule has 2 N–H and O–H groups in total. The van der Waals surface area contributed by atoms with Crippen LogP contribution in [-0.4, -0.2) is 5.16 Å². The Balaban J connectivity index is 1.92. The van der Waals surface area contributed by atoms with E-state index in [4.69, 9.17) is 10.3 Å². The Labute approximate surface area is 87.9 Å². The molecule has 0 unspecified atom stereocenters. The molecular weight excluding hydrogens is 188 g/mol. The van der Waals surface area contributed by atoms with Crippen LogP contribution in [0, 0.1) is 0 Å². The largest absolute Gasteiger partial charge is 0.368 e. The summed E-state index contributed by atoms with van der Waals surface area (Å²) in [5, 5.41) is 3.88. The molecule has 1 heterocycles. The molecule has 15 heavy (non-hydrogen) atoms. The first-order chi connectivity index (χ1) is 7.33. The van der Waals surface area contributed by atoms with Crippen molar-refractivity contribution in [2.45, 2.75) is 18.8 Å². The van der Waals surface area contributed by atoms with E-state index in [9.17, 15) is 0 Å². The van der Waals surface area contributed by atoms with Crippen molar-refractivity contribution in [2.75, 3.05) is 5.73 Å². The molecule has 1 aromatic carbocycles. The van der Waals surface area contributed by atoms with E-state index in [0.29, 0.717) is 5.88 Å². The number of hydrogen-bond donors (Lipinski definition) is 1. The number of nitrogen functional groups attached to an aromatic ring is 1. The van der Waals surface area contributed by atoms with Crippen LogP contribution in [0.4, 0.5) is 5.88 Å². The minimum Gasteiger partial charge on any atom is -0.368 e. The highest BCUT2D eigenvalue weighted by molar-refractivity contribution is 5.61. The molecule has 0 saturated heterocycles. The number of rotatable bonds is 2. The molecule has 1 aliphatic carbocycles. The summed E-state index contributed by atoms with van der Waals surface area (Å²) in [7, 11) is 0. The van der Waals surface area contributed by atoms with E-state index in [1.165, 1.54) is 18.4 Å². The molecule has 3 rings (SSSR count). The van der Waals surface area contributed by atoms with Crippen molar-refractivity contribution in [1.29, 1.82) is 0 Å². The Kier molecular flexibility index (Phi) is 1.78. The van der Waals surface area contributed by atoms with E-state index in [-0.39, 0.29) is 0 Å². The van der Waals surface area contributed by atoms with Gasteiger partial charge in [0.1, 0.15) is 5.69 Å². The molecule has 0 bridgehead atoms. The maximum absolute atomic E-state index is 5.47. The summed E-state index contributed by atoms with van der Waals surface area (Å²) in [6.45, 7) is 0. The highest BCUT2D eigenvalue weighted by Crippen LogP contribution is 2.40. The van der Waals surface area contributed by atoms with Crippen LogP contribution >= 0.6 is 0 Å². The summed E-state index contributed by atoms with van der Waals surface area (Å²) in [5.41, 5.74) is 8.76. The van der Waals surface area contributed by atoms with Crippen molar-refractivity contribution in [1.82, 2.24) is 5.16 Å². The fourth-order valence-corrected chi connectivity index (χ4v) is 1.77. The van der Waals surface area contributed by atoms with Gasteiger partial charge in [-0.3, -0.25) is 0 Å². The first-order valence-corrected chi connectivity index (χ1v) is 5.15. The van der Waals surface area contributed by atoms with Crippen LogP contribution < -0.4 is 5.73 Å². The lowest BCUT2D eigenvalue weighted by molar-refractivity contribution is 0.439. The minimum atomic E-state index is 0.358. The molecule has 0 spiro atoms. The van der Waals surface area contributed by atoms with Crippen molar-refractivity contribution >= 4 is 5.88 Å². The number of nitrogens with zero attached hydrogens (tertiary/aromatic N) is 1. The van der Waals surface area contributed by atoms with Crippen molar-refractivity contribution in [3.8, 4) is 11.3 Å². The zero-order valence-electron chi connectivity index (χ0n) is 8.31. The molecule has 1 fully saturated rings. The first-order valence-electron chi connectivity index (χ1n) is 5.15. The summed E-state index contributed by atoms with van der Waals surface area (Å²) in [6, 6.07) is 10.2. The molecule has 1 aliphatic rings. The number of nitrogens with two attached hydrogens (primary N) is 1. The van der Waals surface area contributed by atoms with Crippen LogP contribution in [0.1, 0.15) is 24.3 Å². The van der Waals surface area contributed by atoms with E-state index in [0.717, 1.165) is 17.2 Å². The first kappa shape index (κ1) is 8.53. The van der Waals surface area contributed by atoms with Crippen LogP contribution in [-0.2, 0) is 0 Å². The summed E-state index contributed by atoms with van der Waals surface area (Å²) in [4.78, 5) is 0. The molecule has 0 atom stereocenters. The topological polar surface area (TPSA) is 52.0 Å². The SMILES string of the molecule is Nc1cc(-c2ccc(C3CC3)cc2)no1. The summed E-state index contributed by atoms with van der Waals surface area (Å²) in [6.07, 6.45) is 2.66. The fourth-order valence-electron chi connectivity index (χ4n) is 1.77. The Morgan fingerprint density at radius 2 is 1.93 bits per heavy atom. The van der Waals surface area contributed by atoms with Crippen LogP contribution in [0.5, 0.6) is 0 Å². The van der Waals surface area contributed by atoms with Crippen LogP contribution in [0.25, 0.3) is 11.3 Å². The molecule has 3 heteroatoms. The molecule has 0 radical (unpaired) electrons. The van der Waals surface area contributed by atoms with Gasteiger partial charge in [0.25, 0.3) is 0 Å². The van der Waals surface area contributed by atoms with Crippen LogP contribution in [0.3, 0.4) is 0 Å². The maximum Gasteiger partial charge on any atom is 0.222 e. The van der Waals surface area contributed by atoms with Crippen LogP contribution in [0.15, 0.2) is 34.9 Å². The van der Waals surface area contributed by atoms with E-state index in [1.54, 1.807) is 6.07 Å². The zero-order chi connectivity index (χ0) is 10.3. The quantitative estimate of drug-likeness (QED) is 0.810. The number of benzene rings is 1. The van der Waals surface area contributed by atoms with Crippen LogP contribution in [0.2, 0.25) is 0 Å². The monoisotopic (exact) mass is 200 g/mol. The standard InChI is InChI=1S/C12H12N2O/c13-12-7-11(14-15-12)10-5-3-9(4-6-10)8-1-2-8/h3-8H,1-2,13H2. The molecular formula is C12H12N2O. The number of aromatic nitrogens is 1. The summed E-state index contributed by atoms with van der Waals surface area (Å²) >= 11 is 0. The second-order valence-electron chi connectivity index (χ2n) is 4.01. The Bertz CT molecular complexity index is 469. The fraction of sp³-hybridized carbons (Fsp3) is 0.250. The number of hydrogen-bond acceptors (Lipinski definition) is 3. The third-order valence-corrected chi connectivity index (χ3v) is 2.78. The normalized spacial score (nSPS) is 15.5. The van der Waals surface area contributed by atoms with Gasteiger partial charge >= 0.3 is 0 Å². The predicted molar refractivity (Wildman–Crippen MR) is 58.3 cm³/mol. The summed E-state index contributed by atoms with van der Waals surface area (Å²) in [5.74, 6) is 1.15. The lowest BCUT2D eigenvalue weighted by atomic mass is 10.1. The highest BCUT2D eigenvalue weighted by Gasteiger charge is 2.23.